The first-order chi connectivity index (χ1) is 15.5. The highest BCUT2D eigenvalue weighted by molar-refractivity contribution is 5.93. The van der Waals surface area contributed by atoms with Gasteiger partial charge in [-0.1, -0.05) is 18.2 Å². The summed E-state index contributed by atoms with van der Waals surface area (Å²) in [7, 11) is 0. The minimum atomic E-state index is -4.50. The van der Waals surface area contributed by atoms with E-state index in [0.717, 1.165) is 11.6 Å². The smallest absolute Gasteiger partial charge is 0.399 e. The van der Waals surface area contributed by atoms with E-state index in [1.54, 1.807) is 17.0 Å². The van der Waals surface area contributed by atoms with Gasteiger partial charge >= 0.3 is 6.18 Å². The Morgan fingerprint density at radius 2 is 1.82 bits per heavy atom. The number of carbonyl (C=O) groups excluding carboxylic acids is 2. The lowest BCUT2D eigenvalue weighted by atomic mass is 9.78. The molecule has 4 N–H and O–H groups in total. The standard InChI is InChI=1S/C24H27F3N4O2/c1-13-3-8-18(10-20(13)24(25,26)27)29-23(33)19-9-16-11-31(14(2)32)12-21(16)30-22(19)15-4-6-17(28)7-5-15/h3-8,10,16,19,21-22,30H,9,11-12,28H2,1-2H3,(H,29,33)/t16?,19-,21+,22-/m0/s1. The van der Waals surface area contributed by atoms with Crippen LogP contribution in [-0.2, 0) is 15.8 Å². The predicted molar refractivity (Wildman–Crippen MR) is 119 cm³/mol. The Hall–Kier alpha value is -3.07. The van der Waals surface area contributed by atoms with E-state index in [0.29, 0.717) is 25.2 Å². The van der Waals surface area contributed by atoms with Crippen molar-refractivity contribution in [2.45, 2.75) is 38.5 Å². The fourth-order valence-electron chi connectivity index (χ4n) is 4.90. The molecule has 2 amide bonds. The molecule has 2 saturated heterocycles. The van der Waals surface area contributed by atoms with Gasteiger partial charge in [0.25, 0.3) is 0 Å². The van der Waals surface area contributed by atoms with Gasteiger partial charge in [0.2, 0.25) is 11.8 Å². The van der Waals surface area contributed by atoms with Crippen LogP contribution in [0.3, 0.4) is 0 Å². The van der Waals surface area contributed by atoms with Gasteiger partial charge in [-0.25, -0.2) is 0 Å². The molecular formula is C24H27F3N4O2. The largest absolute Gasteiger partial charge is 0.416 e. The number of hydrogen-bond acceptors (Lipinski definition) is 4. The fourth-order valence-corrected chi connectivity index (χ4v) is 4.90. The monoisotopic (exact) mass is 460 g/mol. The van der Waals surface area contributed by atoms with Crippen LogP contribution in [0.5, 0.6) is 0 Å². The number of rotatable bonds is 3. The molecule has 9 heteroatoms. The average Bonchev–Trinajstić information content (AvgIpc) is 3.17. The first-order valence-electron chi connectivity index (χ1n) is 10.9. The average molecular weight is 461 g/mol. The minimum Gasteiger partial charge on any atom is -0.399 e. The van der Waals surface area contributed by atoms with E-state index in [4.69, 9.17) is 5.73 Å². The van der Waals surface area contributed by atoms with Crippen LogP contribution in [0.25, 0.3) is 0 Å². The number of halogens is 3. The maximum absolute atomic E-state index is 13.3. The molecule has 33 heavy (non-hydrogen) atoms. The van der Waals surface area contributed by atoms with E-state index in [9.17, 15) is 22.8 Å². The molecule has 2 aliphatic heterocycles. The number of nitrogens with two attached hydrogens (primary N) is 1. The van der Waals surface area contributed by atoms with Crippen LogP contribution in [0.4, 0.5) is 24.5 Å². The number of hydrogen-bond donors (Lipinski definition) is 3. The number of alkyl halides is 3. The molecule has 2 aromatic carbocycles. The number of anilines is 2. The second-order valence-corrected chi connectivity index (χ2v) is 8.96. The van der Waals surface area contributed by atoms with E-state index in [1.807, 2.05) is 12.1 Å². The lowest BCUT2D eigenvalue weighted by Gasteiger charge is -2.38. The third-order valence-electron chi connectivity index (χ3n) is 6.68. The molecule has 0 aromatic heterocycles. The van der Waals surface area contributed by atoms with Crippen LogP contribution in [0.1, 0.15) is 36.1 Å². The Kier molecular flexibility index (Phi) is 6.09. The minimum absolute atomic E-state index is 0.0180. The Balaban J connectivity index is 1.61. The molecule has 1 unspecified atom stereocenters. The first kappa shape index (κ1) is 23.1. The molecule has 4 rings (SSSR count). The quantitative estimate of drug-likeness (QED) is 0.609. The number of fused-ring (bicyclic) bond motifs is 1. The van der Waals surface area contributed by atoms with Gasteiger partial charge in [0.15, 0.2) is 0 Å². The van der Waals surface area contributed by atoms with Crippen molar-refractivity contribution in [3.05, 3.63) is 59.2 Å². The second kappa shape index (κ2) is 8.70. The Morgan fingerprint density at radius 1 is 1.12 bits per heavy atom. The normalized spacial score (nSPS) is 24.9. The number of benzene rings is 2. The zero-order valence-corrected chi connectivity index (χ0v) is 18.4. The van der Waals surface area contributed by atoms with Crippen LogP contribution in [0, 0.1) is 18.8 Å². The number of piperidine rings is 1. The van der Waals surface area contributed by atoms with E-state index in [1.165, 1.54) is 26.0 Å². The zero-order valence-electron chi connectivity index (χ0n) is 18.4. The molecule has 0 aliphatic carbocycles. The van der Waals surface area contributed by atoms with Crippen molar-refractivity contribution in [2.24, 2.45) is 11.8 Å². The molecule has 0 radical (unpaired) electrons. The highest BCUT2D eigenvalue weighted by Crippen LogP contribution is 2.39. The van der Waals surface area contributed by atoms with Crippen LogP contribution >= 0.6 is 0 Å². The Morgan fingerprint density at radius 3 is 2.45 bits per heavy atom. The van der Waals surface area contributed by atoms with Crippen molar-refractivity contribution in [1.29, 1.82) is 0 Å². The molecule has 2 fully saturated rings. The summed E-state index contributed by atoms with van der Waals surface area (Å²) in [5, 5.41) is 6.21. The Labute approximate surface area is 190 Å². The third kappa shape index (κ3) is 4.83. The van der Waals surface area contributed by atoms with Gasteiger partial charge in [-0.3, -0.25) is 9.59 Å². The van der Waals surface area contributed by atoms with E-state index >= 15 is 0 Å². The van der Waals surface area contributed by atoms with Gasteiger partial charge in [-0.15, -0.1) is 0 Å². The van der Waals surface area contributed by atoms with Crippen molar-refractivity contribution >= 4 is 23.2 Å². The van der Waals surface area contributed by atoms with Gasteiger partial charge in [-0.2, -0.15) is 13.2 Å². The van der Waals surface area contributed by atoms with Crippen LogP contribution in [0.2, 0.25) is 0 Å². The van der Waals surface area contributed by atoms with Gasteiger partial charge in [-0.05, 0) is 54.7 Å². The van der Waals surface area contributed by atoms with Crippen LogP contribution in [-0.4, -0.2) is 35.8 Å². The first-order valence-corrected chi connectivity index (χ1v) is 10.9. The number of carbonyl (C=O) groups is 2. The predicted octanol–water partition coefficient (Wildman–Crippen LogP) is 3.73. The molecule has 2 heterocycles. The third-order valence-corrected chi connectivity index (χ3v) is 6.68. The van der Waals surface area contributed by atoms with E-state index in [2.05, 4.69) is 10.6 Å². The summed E-state index contributed by atoms with van der Waals surface area (Å²) in [6, 6.07) is 10.7. The van der Waals surface area contributed by atoms with Crippen molar-refractivity contribution in [3.8, 4) is 0 Å². The lowest BCUT2D eigenvalue weighted by molar-refractivity contribution is -0.138. The molecule has 0 spiro atoms. The summed E-state index contributed by atoms with van der Waals surface area (Å²) in [6.07, 6.45) is -3.99. The highest BCUT2D eigenvalue weighted by atomic mass is 19.4. The summed E-state index contributed by atoms with van der Waals surface area (Å²) in [4.78, 5) is 27.0. The number of nitrogens with one attached hydrogen (secondary N) is 2. The van der Waals surface area contributed by atoms with Crippen molar-refractivity contribution in [2.75, 3.05) is 24.1 Å². The van der Waals surface area contributed by atoms with Crippen LogP contribution < -0.4 is 16.4 Å². The number of nitrogens with zero attached hydrogens (tertiary/aromatic N) is 1. The number of nitrogen functional groups attached to an aromatic ring is 1. The van der Waals surface area contributed by atoms with Crippen LogP contribution in [0.15, 0.2) is 42.5 Å². The van der Waals surface area contributed by atoms with Crippen molar-refractivity contribution in [1.82, 2.24) is 10.2 Å². The van der Waals surface area contributed by atoms with Gasteiger partial charge in [0.1, 0.15) is 0 Å². The molecule has 6 nitrogen and oxygen atoms in total. The zero-order chi connectivity index (χ0) is 23.9. The molecule has 0 saturated carbocycles. The Bertz CT molecular complexity index is 1050. The molecule has 4 atom stereocenters. The topological polar surface area (TPSA) is 87.5 Å². The maximum atomic E-state index is 13.3. The van der Waals surface area contributed by atoms with Gasteiger partial charge < -0.3 is 21.3 Å². The number of amides is 2. The molecule has 0 bridgehead atoms. The molecule has 2 aromatic rings. The van der Waals surface area contributed by atoms with Gasteiger partial charge in [0, 0.05) is 43.5 Å². The van der Waals surface area contributed by atoms with Crippen molar-refractivity contribution < 1.29 is 22.8 Å². The summed E-state index contributed by atoms with van der Waals surface area (Å²) in [6.45, 7) is 4.02. The van der Waals surface area contributed by atoms with E-state index in [-0.39, 0.29) is 41.1 Å². The summed E-state index contributed by atoms with van der Waals surface area (Å²) in [5.74, 6) is -0.826. The molecular weight excluding hydrogens is 433 g/mol. The van der Waals surface area contributed by atoms with E-state index < -0.39 is 17.7 Å². The highest BCUT2D eigenvalue weighted by Gasteiger charge is 2.45. The van der Waals surface area contributed by atoms with Gasteiger partial charge in [0.05, 0.1) is 11.5 Å². The lowest BCUT2D eigenvalue weighted by Crippen LogP contribution is -2.50. The SMILES string of the molecule is CC(=O)N1CC2C[C@H](C(=O)Nc3ccc(C)c(C(F)(F)F)c3)[C@H](c3ccc(N)cc3)N[C@@H]2C1. The summed E-state index contributed by atoms with van der Waals surface area (Å²) >= 11 is 0. The maximum Gasteiger partial charge on any atom is 0.416 e. The summed E-state index contributed by atoms with van der Waals surface area (Å²) < 4.78 is 40.0. The second-order valence-electron chi connectivity index (χ2n) is 8.96. The molecule has 176 valence electrons. The number of likely N-dealkylation sites (tertiary alicyclic amines) is 1. The number of aryl methyl sites for hydroxylation is 1. The summed E-state index contributed by atoms with van der Waals surface area (Å²) in [5.41, 5.74) is 6.70. The fraction of sp³-hybridized carbons (Fsp3) is 0.417. The van der Waals surface area contributed by atoms with Crippen molar-refractivity contribution in [3.63, 3.8) is 0 Å². The molecule has 2 aliphatic rings.